The van der Waals surface area contributed by atoms with Crippen LogP contribution in [0.2, 0.25) is 0 Å². The summed E-state index contributed by atoms with van der Waals surface area (Å²) < 4.78 is 0. The van der Waals surface area contributed by atoms with Crippen molar-refractivity contribution in [2.45, 2.75) is 0 Å². The Morgan fingerprint density at radius 3 is 0.400 bits per heavy atom. The highest BCUT2D eigenvalue weighted by Gasteiger charge is 1.58. The molecular weight excluding hydrogens is 210 g/mol. The molecule has 0 heterocycles. The van der Waals surface area contributed by atoms with Gasteiger partial charge in [0.1, 0.15) is 0 Å². The Morgan fingerprint density at radius 2 is 0.333 bits per heavy atom. The van der Waals surface area contributed by atoms with Crippen LogP contribution in [0.3, 0.4) is 0 Å². The normalized spacial score (nSPS) is 6.40. The Labute approximate surface area is 93.7 Å². The molecule has 0 aliphatic carbocycles. The minimum atomic E-state index is 0. The highest BCUT2D eigenvalue weighted by Crippen LogP contribution is 1.80. The molecule has 0 fully saturated rings. The van der Waals surface area contributed by atoms with E-state index in [0.29, 0.717) is 0 Å². The second-order valence-corrected chi connectivity index (χ2v) is 2.31. The summed E-state index contributed by atoms with van der Waals surface area (Å²) in [7, 11) is 0. The van der Waals surface area contributed by atoms with E-state index in [-0.39, 0.29) is 20.4 Å². The highest BCUT2D eigenvalue weighted by atomic mass is 28.1. The van der Waals surface area contributed by atoms with E-state index in [1.165, 1.54) is 0 Å². The zero-order valence-electron chi connectivity index (χ0n) is 7.74. The van der Waals surface area contributed by atoms with E-state index in [2.05, 4.69) is 0 Å². The summed E-state index contributed by atoms with van der Waals surface area (Å²) >= 11 is 0. The third-order valence-electron chi connectivity index (χ3n) is 1.33. The summed E-state index contributed by atoms with van der Waals surface area (Å²) in [5.74, 6) is 0. The van der Waals surface area contributed by atoms with E-state index in [0.717, 1.165) is 0 Å². The minimum absolute atomic E-state index is 0. The van der Waals surface area contributed by atoms with Gasteiger partial charge in [0, 0.05) is 0 Å². The van der Waals surface area contributed by atoms with Gasteiger partial charge in [0.05, 0.1) is 0 Å². The van der Waals surface area contributed by atoms with Crippen molar-refractivity contribution in [2.24, 2.45) is 0 Å². The third kappa shape index (κ3) is 12.5. The van der Waals surface area contributed by atoms with Crippen molar-refractivity contribution in [3.8, 4) is 0 Å². The van der Waals surface area contributed by atoms with Crippen molar-refractivity contribution in [2.75, 3.05) is 0 Å². The lowest BCUT2D eigenvalue weighted by atomic mass is 10.4. The summed E-state index contributed by atoms with van der Waals surface area (Å²) in [6.07, 6.45) is 0. The number of rotatable bonds is 0. The van der Waals surface area contributed by atoms with E-state index in [4.69, 9.17) is 0 Å². The van der Waals surface area contributed by atoms with Crippen LogP contribution < -0.4 is 0 Å². The number of hydrogen-bond donors (Lipinski definition) is 0. The van der Waals surface area contributed by atoms with Gasteiger partial charge in [0.15, 0.2) is 0 Å². The van der Waals surface area contributed by atoms with Gasteiger partial charge in [-0.05, 0) is 11.0 Å². The molecule has 0 atom stereocenters. The summed E-state index contributed by atoms with van der Waals surface area (Å²) in [5.41, 5.74) is 0. The number of benzene rings is 2. The van der Waals surface area contributed by atoms with Gasteiger partial charge in [-0.3, -0.25) is 9.41 Å². The molecule has 0 saturated carbocycles. The van der Waals surface area contributed by atoms with Gasteiger partial charge >= 0.3 is 0 Å². The van der Waals surface area contributed by atoms with Crippen LogP contribution in [-0.2, 0) is 0 Å². The first-order chi connectivity index (χ1) is 6.00. The molecule has 0 nitrogen and oxygen atoms in total. The first-order valence-electron chi connectivity index (χ1n) is 4.00. The van der Waals surface area contributed by atoms with E-state index >= 15 is 0 Å². The van der Waals surface area contributed by atoms with Crippen LogP contribution in [0.5, 0.6) is 0 Å². The van der Waals surface area contributed by atoms with Crippen LogP contribution in [0.25, 0.3) is 0 Å². The summed E-state index contributed by atoms with van der Waals surface area (Å²) in [6.45, 7) is 0. The molecule has 2 rings (SSSR count). The smallest absolute Gasteiger partial charge is 0.0149 e. The SMILES string of the molecule is F.F.[SiH4].c1ccccc1.c1ccccc1. The van der Waals surface area contributed by atoms with E-state index in [1.807, 2.05) is 72.8 Å². The van der Waals surface area contributed by atoms with Crippen molar-refractivity contribution in [1.82, 2.24) is 0 Å². The van der Waals surface area contributed by atoms with E-state index in [1.54, 1.807) is 0 Å². The number of hydrogen-bond acceptors (Lipinski definition) is 0. The maximum absolute atomic E-state index is 2.00. The predicted molar refractivity (Wildman–Crippen MR) is 69.2 cm³/mol. The van der Waals surface area contributed by atoms with Crippen LogP contribution in [0.15, 0.2) is 72.8 Å². The first-order valence-corrected chi connectivity index (χ1v) is 4.00. The highest BCUT2D eigenvalue weighted by molar-refractivity contribution is 5.75. The molecule has 3 heteroatoms. The number of halogens is 2. The average molecular weight is 228 g/mol. The Morgan fingerprint density at radius 1 is 0.267 bits per heavy atom. The molecule has 0 saturated heterocycles. The average Bonchev–Trinajstić information content (AvgIpc) is 2.24. The van der Waals surface area contributed by atoms with Crippen LogP contribution >= 0.6 is 0 Å². The van der Waals surface area contributed by atoms with Gasteiger partial charge in [-0.25, -0.2) is 0 Å². The first kappa shape index (κ1) is 19.1. The van der Waals surface area contributed by atoms with Gasteiger partial charge in [-0.1, -0.05) is 72.8 Å². The van der Waals surface area contributed by atoms with Gasteiger partial charge in [-0.15, -0.1) is 0 Å². The standard InChI is InChI=1S/2C6H6.2FH.H4Si/c2*1-2-4-6-5-3-1;;;/h2*1-6H;2*1H;1H4. The molecule has 0 N–H and O–H groups in total. The molecule has 84 valence electrons. The zero-order chi connectivity index (χ0) is 8.49. The Hall–Kier alpha value is -1.48. The molecule has 0 spiro atoms. The monoisotopic (exact) mass is 228 g/mol. The van der Waals surface area contributed by atoms with E-state index in [9.17, 15) is 0 Å². The topological polar surface area (TPSA) is 0 Å². The lowest BCUT2D eigenvalue weighted by Crippen LogP contribution is -1.47. The molecule has 0 unspecified atom stereocenters. The summed E-state index contributed by atoms with van der Waals surface area (Å²) in [4.78, 5) is 0. The zero-order valence-corrected chi connectivity index (χ0v) is 7.74. The fourth-order valence-corrected chi connectivity index (χ4v) is 0.770. The lowest BCUT2D eigenvalue weighted by Gasteiger charge is -1.69. The molecule has 0 aliphatic heterocycles. The fourth-order valence-electron chi connectivity index (χ4n) is 0.770. The second kappa shape index (κ2) is 15.0. The second-order valence-electron chi connectivity index (χ2n) is 2.31. The largest absolute Gasteiger partial charge is 0.269 e. The summed E-state index contributed by atoms with van der Waals surface area (Å²) in [6, 6.07) is 24.0. The Bertz CT molecular complexity index is 189. The van der Waals surface area contributed by atoms with Gasteiger partial charge < -0.3 is 0 Å². The molecule has 15 heavy (non-hydrogen) atoms. The van der Waals surface area contributed by atoms with Gasteiger partial charge in [0.25, 0.3) is 0 Å². The molecule has 0 bridgehead atoms. The van der Waals surface area contributed by atoms with Gasteiger partial charge in [0.2, 0.25) is 0 Å². The van der Waals surface area contributed by atoms with E-state index < -0.39 is 0 Å². The minimum Gasteiger partial charge on any atom is -0.269 e. The fraction of sp³-hybridized carbons (Fsp3) is 0. The van der Waals surface area contributed by atoms with Crippen molar-refractivity contribution >= 4 is 11.0 Å². The van der Waals surface area contributed by atoms with Crippen LogP contribution in [0.4, 0.5) is 9.41 Å². The van der Waals surface area contributed by atoms with Crippen LogP contribution in [0.1, 0.15) is 0 Å². The molecule has 2 aromatic carbocycles. The maximum atomic E-state index is 2.00. The van der Waals surface area contributed by atoms with Crippen LogP contribution in [0, 0.1) is 0 Å². The molecule has 2 aromatic rings. The molecule has 0 radical (unpaired) electrons. The van der Waals surface area contributed by atoms with Gasteiger partial charge in [-0.2, -0.15) is 0 Å². The Balaban J connectivity index is -0.000000160. The van der Waals surface area contributed by atoms with Crippen LogP contribution in [-0.4, -0.2) is 11.0 Å². The summed E-state index contributed by atoms with van der Waals surface area (Å²) in [5, 5.41) is 0. The molecule has 0 aliphatic rings. The quantitative estimate of drug-likeness (QED) is 0.607. The van der Waals surface area contributed by atoms with Crippen molar-refractivity contribution in [3.05, 3.63) is 72.8 Å². The molecular formula is C12H18F2Si. The predicted octanol–water partition coefficient (Wildman–Crippen LogP) is 2.23. The van der Waals surface area contributed by atoms with Crippen molar-refractivity contribution in [3.63, 3.8) is 0 Å². The van der Waals surface area contributed by atoms with Crippen molar-refractivity contribution < 1.29 is 9.41 Å². The third-order valence-corrected chi connectivity index (χ3v) is 1.33. The lowest BCUT2D eigenvalue weighted by molar-refractivity contribution is 1.11. The maximum Gasteiger partial charge on any atom is -0.0149 e. The molecule has 0 amide bonds. The Kier molecular flexibility index (Phi) is 19.2. The molecule has 0 aromatic heterocycles. The van der Waals surface area contributed by atoms with Crippen molar-refractivity contribution in [1.29, 1.82) is 0 Å².